The van der Waals surface area contributed by atoms with Gasteiger partial charge in [0, 0.05) is 5.56 Å². The predicted octanol–water partition coefficient (Wildman–Crippen LogP) is 4.07. The van der Waals surface area contributed by atoms with Gasteiger partial charge >= 0.3 is 5.97 Å². The van der Waals surface area contributed by atoms with Crippen LogP contribution in [0.2, 0.25) is 0 Å². The Morgan fingerprint density at radius 2 is 1.59 bits per heavy atom. The van der Waals surface area contributed by atoms with Crippen molar-refractivity contribution in [3.63, 3.8) is 0 Å². The number of aliphatic carboxylic acids is 1. The van der Waals surface area contributed by atoms with Crippen LogP contribution in [0.25, 0.3) is 11.1 Å². The Bertz CT molecular complexity index is 1240. The van der Waals surface area contributed by atoms with E-state index in [2.05, 4.69) is 4.72 Å². The lowest BCUT2D eigenvalue weighted by atomic mass is 10.00. The molecule has 3 aromatic carbocycles. The molecule has 0 aliphatic heterocycles. The fourth-order valence-corrected chi connectivity index (χ4v) is 5.52. The second-order valence-electron chi connectivity index (χ2n) is 7.88. The Hall–Kier alpha value is -3.29. The van der Waals surface area contributed by atoms with Crippen LogP contribution >= 0.6 is 0 Å². The lowest BCUT2D eigenvalue weighted by molar-refractivity contribution is -0.138. The molecule has 1 atom stereocenters. The lowest BCUT2D eigenvalue weighted by Crippen LogP contribution is -2.42. The minimum Gasteiger partial charge on any atom is -0.480 e. The molecule has 6 nitrogen and oxygen atoms in total. The zero-order chi connectivity index (χ0) is 23.5. The second kappa shape index (κ2) is 9.46. The summed E-state index contributed by atoms with van der Waals surface area (Å²) in [5, 5.41) is 9.66. The van der Waals surface area contributed by atoms with E-state index in [4.69, 9.17) is 0 Å². The van der Waals surface area contributed by atoms with Crippen molar-refractivity contribution in [1.29, 1.82) is 0 Å². The first-order chi connectivity index (χ1) is 15.1. The second-order valence-corrected chi connectivity index (χ2v) is 9.54. The number of hydrogen-bond acceptors (Lipinski definition) is 4. The monoisotopic (exact) mass is 451 g/mol. The molecule has 0 amide bonds. The van der Waals surface area contributed by atoms with Gasteiger partial charge in [-0.3, -0.25) is 9.59 Å². The summed E-state index contributed by atoms with van der Waals surface area (Å²) in [7, 11) is -4.03. The van der Waals surface area contributed by atoms with E-state index in [0.717, 1.165) is 23.0 Å². The summed E-state index contributed by atoms with van der Waals surface area (Å²) < 4.78 is 28.3. The molecule has 0 saturated heterocycles. The topological polar surface area (TPSA) is 101 Å². The molecule has 0 unspecified atom stereocenters. The van der Waals surface area contributed by atoms with Crippen LogP contribution in [0.4, 0.5) is 0 Å². The van der Waals surface area contributed by atoms with E-state index < -0.39 is 22.0 Å². The molecule has 0 heterocycles. The first-order valence-electron chi connectivity index (χ1n) is 10.1. The Morgan fingerprint density at radius 1 is 0.969 bits per heavy atom. The number of carbonyl (C=O) groups excluding carboxylic acids is 1. The quantitative estimate of drug-likeness (QED) is 0.503. The van der Waals surface area contributed by atoms with Gasteiger partial charge in [-0.1, -0.05) is 60.2 Å². The molecule has 3 rings (SSSR count). The summed E-state index contributed by atoms with van der Waals surface area (Å²) in [6.07, 6.45) is 0.770. The number of benzene rings is 3. The van der Waals surface area contributed by atoms with Gasteiger partial charge in [-0.05, 0) is 61.1 Å². The predicted molar refractivity (Wildman–Crippen MR) is 123 cm³/mol. The Balaban J connectivity index is 1.83. The van der Waals surface area contributed by atoms with Crippen molar-refractivity contribution < 1.29 is 23.1 Å². The van der Waals surface area contributed by atoms with Gasteiger partial charge in [0.05, 0.1) is 4.90 Å². The normalized spacial score (nSPS) is 12.3. The average molecular weight is 452 g/mol. The number of carbonyl (C=O) groups is 2. The van der Waals surface area contributed by atoms with Crippen LogP contribution in [-0.2, 0) is 21.2 Å². The van der Waals surface area contributed by atoms with Crippen molar-refractivity contribution >= 4 is 22.3 Å². The van der Waals surface area contributed by atoms with E-state index in [1.54, 1.807) is 56.3 Å². The highest BCUT2D eigenvalue weighted by Crippen LogP contribution is 2.23. The van der Waals surface area contributed by atoms with Gasteiger partial charge in [0.25, 0.3) is 0 Å². The third-order valence-corrected chi connectivity index (χ3v) is 6.99. The number of carboxylic acids is 1. The fourth-order valence-electron chi connectivity index (χ4n) is 3.88. The summed E-state index contributed by atoms with van der Waals surface area (Å²) in [5.74, 6) is -1.25. The van der Waals surface area contributed by atoms with Gasteiger partial charge in [0.2, 0.25) is 10.0 Å². The third kappa shape index (κ3) is 5.30. The third-order valence-electron chi connectivity index (χ3n) is 5.22. The van der Waals surface area contributed by atoms with Crippen molar-refractivity contribution in [1.82, 2.24) is 4.72 Å². The number of hydrogen-bond donors (Lipinski definition) is 2. The summed E-state index contributed by atoms with van der Waals surface area (Å²) in [5.41, 5.74) is 5.05. The molecule has 32 heavy (non-hydrogen) atoms. The fraction of sp³-hybridized carbons (Fsp3) is 0.200. The van der Waals surface area contributed by atoms with Crippen LogP contribution in [0.15, 0.2) is 65.6 Å². The molecule has 3 aromatic rings. The molecule has 0 bridgehead atoms. The molecule has 0 radical (unpaired) electrons. The van der Waals surface area contributed by atoms with Crippen molar-refractivity contribution in [3.8, 4) is 11.1 Å². The van der Waals surface area contributed by atoms with Crippen LogP contribution < -0.4 is 4.72 Å². The smallest absolute Gasteiger partial charge is 0.322 e. The van der Waals surface area contributed by atoms with E-state index in [-0.39, 0.29) is 11.3 Å². The number of carboxylic acid groups (broad SMARTS) is 1. The van der Waals surface area contributed by atoms with Crippen molar-refractivity contribution in [2.24, 2.45) is 0 Å². The van der Waals surface area contributed by atoms with Crippen molar-refractivity contribution in [3.05, 3.63) is 88.5 Å². The van der Waals surface area contributed by atoms with Crippen LogP contribution in [0.5, 0.6) is 0 Å². The summed E-state index contributed by atoms with van der Waals surface area (Å²) in [6.45, 7) is 5.27. The molecule has 0 aliphatic rings. The number of aryl methyl sites for hydroxylation is 3. The average Bonchev–Trinajstić information content (AvgIpc) is 2.72. The maximum Gasteiger partial charge on any atom is 0.322 e. The number of rotatable bonds is 8. The van der Waals surface area contributed by atoms with Crippen LogP contribution in [0, 0.1) is 20.8 Å². The molecular weight excluding hydrogens is 426 g/mol. The molecule has 0 aliphatic carbocycles. The molecule has 0 spiro atoms. The van der Waals surface area contributed by atoms with E-state index in [1.807, 2.05) is 25.1 Å². The van der Waals surface area contributed by atoms with Crippen molar-refractivity contribution in [2.45, 2.75) is 38.1 Å². The molecule has 7 heteroatoms. The largest absolute Gasteiger partial charge is 0.480 e. The maximum absolute atomic E-state index is 13.0. The lowest BCUT2D eigenvalue weighted by Gasteiger charge is -2.18. The zero-order valence-electron chi connectivity index (χ0n) is 18.1. The van der Waals surface area contributed by atoms with E-state index >= 15 is 0 Å². The minimum absolute atomic E-state index is 0.00677. The highest BCUT2D eigenvalue weighted by Gasteiger charge is 2.28. The minimum atomic E-state index is -4.03. The number of nitrogens with one attached hydrogen (secondary N) is 1. The van der Waals surface area contributed by atoms with E-state index in [0.29, 0.717) is 22.3 Å². The SMILES string of the molecule is Cc1cc(C)c(S(=O)(=O)N[C@@H](Cc2ccc(-c3cccc(C=O)c3)cc2)C(=O)O)c(C)c1. The van der Waals surface area contributed by atoms with Crippen molar-refractivity contribution in [2.75, 3.05) is 0 Å². The van der Waals surface area contributed by atoms with Gasteiger partial charge in [0.1, 0.15) is 12.3 Å². The number of aldehydes is 1. The Labute approximate surface area is 188 Å². The number of sulfonamides is 1. The van der Waals surface area contributed by atoms with E-state index in [9.17, 15) is 23.1 Å². The Kier molecular flexibility index (Phi) is 6.91. The van der Waals surface area contributed by atoms with Gasteiger partial charge in [-0.15, -0.1) is 0 Å². The van der Waals surface area contributed by atoms with Gasteiger partial charge in [-0.2, -0.15) is 4.72 Å². The van der Waals surface area contributed by atoms with Crippen LogP contribution in [0.1, 0.15) is 32.6 Å². The highest BCUT2D eigenvalue weighted by molar-refractivity contribution is 7.89. The van der Waals surface area contributed by atoms with E-state index in [1.165, 1.54) is 0 Å². The maximum atomic E-state index is 13.0. The molecule has 0 fully saturated rings. The molecule has 166 valence electrons. The van der Waals surface area contributed by atoms with Crippen LogP contribution in [-0.4, -0.2) is 31.8 Å². The molecule has 0 saturated carbocycles. The zero-order valence-corrected chi connectivity index (χ0v) is 18.9. The summed E-state index contributed by atoms with van der Waals surface area (Å²) in [4.78, 5) is 22.9. The van der Waals surface area contributed by atoms with Gasteiger partial charge < -0.3 is 5.11 Å². The molecule has 2 N–H and O–H groups in total. The first-order valence-corrected chi connectivity index (χ1v) is 11.6. The summed E-state index contributed by atoms with van der Waals surface area (Å²) in [6, 6.07) is 16.5. The van der Waals surface area contributed by atoms with Crippen LogP contribution in [0.3, 0.4) is 0 Å². The summed E-state index contributed by atoms with van der Waals surface area (Å²) >= 11 is 0. The standard InChI is InChI=1S/C25H25NO5S/c1-16-11-17(2)24(18(3)12-16)32(30,31)26-23(25(28)29)14-19-7-9-21(10-8-19)22-6-4-5-20(13-22)15-27/h4-13,15,23,26H,14H2,1-3H3,(H,28,29)/t23-/m0/s1. The van der Waals surface area contributed by atoms with Gasteiger partial charge in [-0.25, -0.2) is 8.42 Å². The first kappa shape index (κ1) is 23.4. The van der Waals surface area contributed by atoms with Gasteiger partial charge in [0.15, 0.2) is 0 Å². The molecule has 0 aromatic heterocycles. The highest BCUT2D eigenvalue weighted by atomic mass is 32.2. The molecular formula is C25H25NO5S. The Morgan fingerprint density at radius 3 is 2.16 bits per heavy atom.